The number of ether oxygens (including phenoxy) is 1. The van der Waals surface area contributed by atoms with Gasteiger partial charge in [0.2, 0.25) is 0 Å². The average molecular weight is 374 g/mol. The maximum Gasteiger partial charge on any atom is 0.133 e. The van der Waals surface area contributed by atoms with Crippen molar-refractivity contribution in [2.45, 2.75) is 18.9 Å². The molecule has 0 aliphatic rings. The molecule has 0 radical (unpaired) electrons. The van der Waals surface area contributed by atoms with E-state index in [1.54, 1.807) is 19.2 Å². The van der Waals surface area contributed by atoms with E-state index >= 15 is 0 Å². The van der Waals surface area contributed by atoms with Gasteiger partial charge in [-0.25, -0.2) is 4.39 Å². The normalized spacial score (nSPS) is 12.2. The monoisotopic (exact) mass is 372 g/mol. The first-order valence-electron chi connectivity index (χ1n) is 6.44. The van der Waals surface area contributed by atoms with Gasteiger partial charge in [-0.2, -0.15) is 0 Å². The summed E-state index contributed by atoms with van der Waals surface area (Å²) < 4.78 is 19.7. The number of halogens is 3. The quantitative estimate of drug-likeness (QED) is 0.842. The van der Waals surface area contributed by atoms with Crippen molar-refractivity contribution in [3.63, 3.8) is 0 Å². The first-order chi connectivity index (χ1) is 10.0. The minimum absolute atomic E-state index is 0.176. The van der Waals surface area contributed by atoms with Crippen LogP contribution in [0.2, 0.25) is 5.02 Å². The zero-order chi connectivity index (χ0) is 15.4. The lowest BCUT2D eigenvalue weighted by Gasteiger charge is -2.13. The van der Waals surface area contributed by atoms with Gasteiger partial charge in [0, 0.05) is 17.0 Å². The molecule has 0 bridgehead atoms. The van der Waals surface area contributed by atoms with E-state index in [0.717, 1.165) is 15.8 Å². The lowest BCUT2D eigenvalue weighted by molar-refractivity contribution is 0.174. The van der Waals surface area contributed by atoms with Crippen LogP contribution in [0.4, 0.5) is 4.39 Å². The van der Waals surface area contributed by atoms with Crippen LogP contribution in [0.25, 0.3) is 0 Å². The third kappa shape index (κ3) is 4.19. The summed E-state index contributed by atoms with van der Waals surface area (Å²) in [7, 11) is 1.59. The standard InChI is InChI=1S/C16H15BrClFO2/c1-21-16-6-5-10(8-13(16)17)7-11(20)9-12-14(18)3-2-4-15(12)19/h2-6,8,11,20H,7,9H2,1H3. The topological polar surface area (TPSA) is 29.5 Å². The van der Waals surface area contributed by atoms with Crippen molar-refractivity contribution in [3.8, 4) is 5.75 Å². The van der Waals surface area contributed by atoms with Crippen LogP contribution < -0.4 is 4.74 Å². The molecule has 0 spiro atoms. The van der Waals surface area contributed by atoms with Crippen molar-refractivity contribution in [1.82, 2.24) is 0 Å². The van der Waals surface area contributed by atoms with E-state index in [1.807, 2.05) is 18.2 Å². The van der Waals surface area contributed by atoms with Crippen LogP contribution in [-0.2, 0) is 12.8 Å². The Morgan fingerprint density at radius 1 is 1.29 bits per heavy atom. The second-order valence-corrected chi connectivity index (χ2v) is 5.99. The second-order valence-electron chi connectivity index (χ2n) is 4.73. The second kappa shape index (κ2) is 7.25. The van der Waals surface area contributed by atoms with Crippen LogP contribution in [0, 0.1) is 5.82 Å². The van der Waals surface area contributed by atoms with Gasteiger partial charge in [-0.05, 0) is 52.2 Å². The Kier molecular flexibility index (Phi) is 5.62. The Bertz CT molecular complexity index is 613. The lowest BCUT2D eigenvalue weighted by atomic mass is 10.0. The van der Waals surface area contributed by atoms with Crippen molar-refractivity contribution in [2.75, 3.05) is 7.11 Å². The molecular formula is C16H15BrClFO2. The molecule has 5 heteroatoms. The van der Waals surface area contributed by atoms with Gasteiger partial charge in [-0.3, -0.25) is 0 Å². The SMILES string of the molecule is COc1ccc(CC(O)Cc2c(F)cccc2Cl)cc1Br. The maximum atomic E-state index is 13.7. The van der Waals surface area contributed by atoms with Gasteiger partial charge in [0.1, 0.15) is 11.6 Å². The highest BCUT2D eigenvalue weighted by molar-refractivity contribution is 9.10. The fourth-order valence-corrected chi connectivity index (χ4v) is 2.97. The predicted molar refractivity (Wildman–Crippen MR) is 85.5 cm³/mol. The van der Waals surface area contributed by atoms with E-state index in [2.05, 4.69) is 15.9 Å². The molecule has 0 saturated heterocycles. The van der Waals surface area contributed by atoms with Gasteiger partial charge in [0.25, 0.3) is 0 Å². The molecule has 1 unspecified atom stereocenters. The molecule has 0 aliphatic carbocycles. The van der Waals surface area contributed by atoms with Gasteiger partial charge < -0.3 is 9.84 Å². The molecule has 1 N–H and O–H groups in total. The average Bonchev–Trinajstić information content (AvgIpc) is 2.43. The third-order valence-corrected chi connectivity index (χ3v) is 4.16. The fraction of sp³-hybridized carbons (Fsp3) is 0.250. The first kappa shape index (κ1) is 16.3. The summed E-state index contributed by atoms with van der Waals surface area (Å²) in [6.45, 7) is 0. The van der Waals surface area contributed by atoms with E-state index < -0.39 is 11.9 Å². The highest BCUT2D eigenvalue weighted by Crippen LogP contribution is 2.27. The number of hydrogen-bond acceptors (Lipinski definition) is 2. The van der Waals surface area contributed by atoms with Gasteiger partial charge in [-0.1, -0.05) is 23.7 Å². The van der Waals surface area contributed by atoms with E-state index in [-0.39, 0.29) is 6.42 Å². The molecule has 21 heavy (non-hydrogen) atoms. The van der Waals surface area contributed by atoms with E-state index in [0.29, 0.717) is 17.0 Å². The molecule has 2 nitrogen and oxygen atoms in total. The van der Waals surface area contributed by atoms with Crippen LogP contribution >= 0.6 is 27.5 Å². The number of aliphatic hydroxyl groups is 1. The molecule has 2 rings (SSSR count). The molecule has 2 aromatic carbocycles. The number of aliphatic hydroxyl groups excluding tert-OH is 1. The maximum absolute atomic E-state index is 13.7. The molecule has 1 atom stereocenters. The summed E-state index contributed by atoms with van der Waals surface area (Å²) in [4.78, 5) is 0. The van der Waals surface area contributed by atoms with Crippen LogP contribution in [0.15, 0.2) is 40.9 Å². The molecule has 0 saturated carbocycles. The molecule has 0 aliphatic heterocycles. The Morgan fingerprint density at radius 2 is 2.05 bits per heavy atom. The van der Waals surface area contributed by atoms with Crippen LogP contribution in [-0.4, -0.2) is 18.3 Å². The number of methoxy groups -OCH3 is 1. The number of benzene rings is 2. The number of hydrogen-bond donors (Lipinski definition) is 1. The predicted octanol–water partition coefficient (Wildman–Crippen LogP) is 4.40. The summed E-state index contributed by atoms with van der Waals surface area (Å²) in [5.74, 6) is 0.336. The molecule has 0 aromatic heterocycles. The highest BCUT2D eigenvalue weighted by atomic mass is 79.9. The Hall–Kier alpha value is -1.10. The van der Waals surface area contributed by atoms with Crippen LogP contribution in [0.1, 0.15) is 11.1 Å². The largest absolute Gasteiger partial charge is 0.496 e. The third-order valence-electron chi connectivity index (χ3n) is 3.19. The Morgan fingerprint density at radius 3 is 2.67 bits per heavy atom. The van der Waals surface area contributed by atoms with Gasteiger partial charge in [0.15, 0.2) is 0 Å². The summed E-state index contributed by atoms with van der Waals surface area (Å²) >= 11 is 9.37. The molecule has 0 amide bonds. The minimum atomic E-state index is -0.709. The molecular weight excluding hydrogens is 359 g/mol. The Labute approximate surface area is 136 Å². The van der Waals surface area contributed by atoms with Gasteiger partial charge >= 0.3 is 0 Å². The number of rotatable bonds is 5. The summed E-state index contributed by atoms with van der Waals surface area (Å²) in [6.07, 6.45) is -0.123. The zero-order valence-corrected chi connectivity index (χ0v) is 13.8. The minimum Gasteiger partial charge on any atom is -0.496 e. The molecule has 2 aromatic rings. The van der Waals surface area contributed by atoms with E-state index in [9.17, 15) is 9.50 Å². The summed E-state index contributed by atoms with van der Waals surface area (Å²) in [5.41, 5.74) is 1.28. The van der Waals surface area contributed by atoms with Gasteiger partial charge in [0.05, 0.1) is 17.7 Å². The van der Waals surface area contributed by atoms with Crippen LogP contribution in [0.5, 0.6) is 5.75 Å². The fourth-order valence-electron chi connectivity index (χ4n) is 2.14. The van der Waals surface area contributed by atoms with E-state index in [4.69, 9.17) is 16.3 Å². The summed E-state index contributed by atoms with van der Waals surface area (Å²) in [6, 6.07) is 10.1. The van der Waals surface area contributed by atoms with Gasteiger partial charge in [-0.15, -0.1) is 0 Å². The van der Waals surface area contributed by atoms with Crippen molar-refractivity contribution >= 4 is 27.5 Å². The Balaban J connectivity index is 2.08. The first-order valence-corrected chi connectivity index (χ1v) is 7.61. The highest BCUT2D eigenvalue weighted by Gasteiger charge is 2.14. The van der Waals surface area contributed by atoms with Crippen LogP contribution in [0.3, 0.4) is 0 Å². The van der Waals surface area contributed by atoms with Crippen molar-refractivity contribution < 1.29 is 14.2 Å². The summed E-state index contributed by atoms with van der Waals surface area (Å²) in [5, 5.41) is 10.5. The molecule has 0 heterocycles. The van der Waals surface area contributed by atoms with Crippen molar-refractivity contribution in [2.24, 2.45) is 0 Å². The lowest BCUT2D eigenvalue weighted by Crippen LogP contribution is -2.15. The van der Waals surface area contributed by atoms with E-state index in [1.165, 1.54) is 6.07 Å². The molecule has 0 fully saturated rings. The smallest absolute Gasteiger partial charge is 0.133 e. The van der Waals surface area contributed by atoms with Crippen molar-refractivity contribution in [1.29, 1.82) is 0 Å². The van der Waals surface area contributed by atoms with Crippen molar-refractivity contribution in [3.05, 3.63) is 62.8 Å². The zero-order valence-electron chi connectivity index (χ0n) is 11.4. The molecule has 112 valence electrons.